The quantitative estimate of drug-likeness (QED) is 0.458. The van der Waals surface area contributed by atoms with Crippen molar-refractivity contribution in [2.45, 2.75) is 83.2 Å². The molecule has 0 saturated heterocycles. The summed E-state index contributed by atoms with van der Waals surface area (Å²) in [4.78, 5) is 32.2. The molecule has 0 aromatic heterocycles. The number of allylic oxidation sites excluding steroid dienone is 1. The number of hydrogen-bond donors (Lipinski definition) is 0. The molecule has 35 heavy (non-hydrogen) atoms. The third-order valence-electron chi connectivity index (χ3n) is 8.02. The van der Waals surface area contributed by atoms with Crippen molar-refractivity contribution < 1.29 is 14.3 Å². The molecule has 2 fully saturated rings. The third-order valence-corrected chi connectivity index (χ3v) is 8.02. The highest BCUT2D eigenvalue weighted by molar-refractivity contribution is 6.12. The van der Waals surface area contributed by atoms with Gasteiger partial charge in [0.05, 0.1) is 11.5 Å². The summed E-state index contributed by atoms with van der Waals surface area (Å²) in [5.74, 6) is -0.734. The Hall–Kier alpha value is -3.01. The fraction of sp³-hybridized carbons (Fsp3) is 0.452. The molecule has 0 N–H and O–H groups in total. The number of esters is 1. The molecule has 0 radical (unpaired) electrons. The first-order valence-corrected chi connectivity index (χ1v) is 13.2. The number of nitrogens with zero attached hydrogens (tertiary/aromatic N) is 1. The minimum Gasteiger partial charge on any atom is -0.459 e. The van der Waals surface area contributed by atoms with E-state index in [0.29, 0.717) is 17.7 Å². The van der Waals surface area contributed by atoms with Gasteiger partial charge >= 0.3 is 5.97 Å². The van der Waals surface area contributed by atoms with Crippen LogP contribution in [0.25, 0.3) is 0 Å². The minimum absolute atomic E-state index is 0.0328. The number of ether oxygens (including phenoxy) is 1. The predicted molar refractivity (Wildman–Crippen MR) is 139 cm³/mol. The fourth-order valence-electron chi connectivity index (χ4n) is 6.12. The number of carbonyl (C=O) groups is 2. The number of hydrogen-bond acceptors (Lipinski definition) is 4. The van der Waals surface area contributed by atoms with E-state index in [2.05, 4.69) is 43.3 Å². The summed E-state index contributed by atoms with van der Waals surface area (Å²) in [7, 11) is 0. The van der Waals surface area contributed by atoms with Gasteiger partial charge in [-0.3, -0.25) is 9.79 Å². The van der Waals surface area contributed by atoms with Crippen LogP contribution in [0.4, 0.5) is 0 Å². The van der Waals surface area contributed by atoms with Gasteiger partial charge in [-0.15, -0.1) is 0 Å². The van der Waals surface area contributed by atoms with E-state index in [-0.39, 0.29) is 29.7 Å². The molecule has 2 aromatic carbocycles. The summed E-state index contributed by atoms with van der Waals surface area (Å²) in [6.45, 7) is 4.04. The van der Waals surface area contributed by atoms with Crippen LogP contribution in [0.2, 0.25) is 0 Å². The van der Waals surface area contributed by atoms with Gasteiger partial charge in [0.25, 0.3) is 0 Å². The summed E-state index contributed by atoms with van der Waals surface area (Å²) in [5, 5.41) is 0. The summed E-state index contributed by atoms with van der Waals surface area (Å²) in [5.41, 5.74) is 5.59. The van der Waals surface area contributed by atoms with Gasteiger partial charge in [0.2, 0.25) is 0 Å². The molecular weight excluding hydrogens is 434 g/mol. The van der Waals surface area contributed by atoms with Crippen molar-refractivity contribution >= 4 is 17.5 Å². The molecule has 2 aromatic rings. The van der Waals surface area contributed by atoms with Crippen LogP contribution in [0.1, 0.15) is 87.3 Å². The summed E-state index contributed by atoms with van der Waals surface area (Å²) >= 11 is 0. The lowest BCUT2D eigenvalue weighted by Gasteiger charge is -2.38. The van der Waals surface area contributed by atoms with E-state index in [1.54, 1.807) is 0 Å². The molecule has 2 aliphatic carbocycles. The van der Waals surface area contributed by atoms with Crippen LogP contribution in [0.5, 0.6) is 0 Å². The lowest BCUT2D eigenvalue weighted by atomic mass is 9.66. The third kappa shape index (κ3) is 4.89. The second kappa shape index (κ2) is 10.3. The average molecular weight is 470 g/mol. The lowest BCUT2D eigenvalue weighted by molar-refractivity contribution is -0.146. The Morgan fingerprint density at radius 2 is 1.63 bits per heavy atom. The maximum absolute atomic E-state index is 13.7. The first kappa shape index (κ1) is 23.7. The molecular formula is C31H35NO3. The highest BCUT2D eigenvalue weighted by atomic mass is 16.5. The normalized spacial score (nSPS) is 25.1. The largest absolute Gasteiger partial charge is 0.459 e. The van der Waals surface area contributed by atoms with E-state index in [0.717, 1.165) is 49.8 Å². The van der Waals surface area contributed by atoms with Crippen LogP contribution >= 0.6 is 0 Å². The van der Waals surface area contributed by atoms with Crippen LogP contribution in [0.15, 0.2) is 70.9 Å². The number of aliphatic imine (C=N–C) groups is 1. The summed E-state index contributed by atoms with van der Waals surface area (Å²) < 4.78 is 6.03. The van der Waals surface area contributed by atoms with Crippen molar-refractivity contribution in [2.24, 2.45) is 10.9 Å². The van der Waals surface area contributed by atoms with Crippen molar-refractivity contribution in [3.8, 4) is 0 Å². The van der Waals surface area contributed by atoms with E-state index >= 15 is 0 Å². The van der Waals surface area contributed by atoms with Crippen molar-refractivity contribution in [2.75, 3.05) is 0 Å². The van der Waals surface area contributed by atoms with Gasteiger partial charge in [-0.25, -0.2) is 4.79 Å². The Morgan fingerprint density at radius 1 is 0.914 bits per heavy atom. The van der Waals surface area contributed by atoms with Crippen molar-refractivity contribution in [1.29, 1.82) is 0 Å². The standard InChI is InChI=1S/C31H35NO3/c1-3-21-14-16-23(17-15-21)29-28(31(34)35-25-12-8-5-9-13-25)20(2)32-26-18-24(19-27(33)30(26)29)22-10-6-4-7-11-22/h4,6-7,10-11,14-17,24-25,29-30H,3,5,8-9,12-13,18-19H2,1-2H3/t24-,29-,30?/m1/s1. The molecule has 2 saturated carbocycles. The Morgan fingerprint density at radius 3 is 2.31 bits per heavy atom. The molecule has 4 nitrogen and oxygen atoms in total. The SMILES string of the molecule is CCc1ccc([C@@H]2C(C(=O)OC3CCCCC3)=C(C)N=C3C[C@@H](c4ccccc4)CC(=O)C32)cc1. The van der Waals surface area contributed by atoms with E-state index in [1.165, 1.54) is 17.5 Å². The van der Waals surface area contributed by atoms with Crippen molar-refractivity contribution in [3.63, 3.8) is 0 Å². The Balaban J connectivity index is 1.53. The molecule has 182 valence electrons. The number of ketones is 1. The van der Waals surface area contributed by atoms with E-state index < -0.39 is 5.92 Å². The monoisotopic (exact) mass is 469 g/mol. The molecule has 0 amide bonds. The molecule has 1 heterocycles. The second-order valence-corrected chi connectivity index (χ2v) is 10.3. The molecule has 4 heteroatoms. The summed E-state index contributed by atoms with van der Waals surface area (Å²) in [6.07, 6.45) is 7.37. The number of rotatable bonds is 5. The molecule has 5 rings (SSSR count). The van der Waals surface area contributed by atoms with E-state index in [4.69, 9.17) is 9.73 Å². The van der Waals surface area contributed by atoms with Crippen molar-refractivity contribution in [3.05, 3.63) is 82.6 Å². The Bertz CT molecular complexity index is 1140. The molecule has 1 aliphatic heterocycles. The van der Waals surface area contributed by atoms with Crippen LogP contribution in [-0.2, 0) is 20.7 Å². The van der Waals surface area contributed by atoms with Gasteiger partial charge in [-0.05, 0) is 68.1 Å². The van der Waals surface area contributed by atoms with E-state index in [9.17, 15) is 9.59 Å². The van der Waals surface area contributed by atoms with Crippen molar-refractivity contribution in [1.82, 2.24) is 0 Å². The average Bonchev–Trinajstić information content (AvgIpc) is 2.89. The van der Waals surface area contributed by atoms with Crippen LogP contribution in [0.3, 0.4) is 0 Å². The van der Waals surface area contributed by atoms with Gasteiger partial charge in [0.1, 0.15) is 11.9 Å². The van der Waals surface area contributed by atoms with E-state index in [1.807, 2.05) is 25.1 Å². The second-order valence-electron chi connectivity index (χ2n) is 10.3. The predicted octanol–water partition coefficient (Wildman–Crippen LogP) is 6.70. The molecule has 3 aliphatic rings. The smallest absolute Gasteiger partial charge is 0.336 e. The number of aryl methyl sites for hydroxylation is 1. The van der Waals surface area contributed by atoms with Gasteiger partial charge in [-0.1, -0.05) is 67.9 Å². The first-order chi connectivity index (χ1) is 17.0. The minimum atomic E-state index is -0.403. The van der Waals surface area contributed by atoms with Gasteiger partial charge in [-0.2, -0.15) is 0 Å². The zero-order valence-electron chi connectivity index (χ0n) is 20.8. The maximum Gasteiger partial charge on any atom is 0.336 e. The highest BCUT2D eigenvalue weighted by Crippen LogP contribution is 2.46. The number of Topliss-reactive ketones (excluding diaryl/α,β-unsaturated/α-hetero) is 1. The highest BCUT2D eigenvalue weighted by Gasteiger charge is 2.46. The van der Waals surface area contributed by atoms with Gasteiger partial charge in [0, 0.05) is 23.7 Å². The first-order valence-electron chi connectivity index (χ1n) is 13.2. The van der Waals surface area contributed by atoms with Gasteiger partial charge in [0.15, 0.2) is 0 Å². The zero-order chi connectivity index (χ0) is 24.4. The van der Waals surface area contributed by atoms with Crippen LogP contribution < -0.4 is 0 Å². The topological polar surface area (TPSA) is 55.7 Å². The molecule has 0 bridgehead atoms. The van der Waals surface area contributed by atoms with Gasteiger partial charge < -0.3 is 4.74 Å². The zero-order valence-corrected chi connectivity index (χ0v) is 20.8. The van der Waals surface area contributed by atoms with Crippen LogP contribution in [-0.4, -0.2) is 23.6 Å². The number of fused-ring (bicyclic) bond motifs is 1. The fourth-order valence-corrected chi connectivity index (χ4v) is 6.12. The lowest BCUT2D eigenvalue weighted by Crippen LogP contribution is -2.41. The van der Waals surface area contributed by atoms with Crippen LogP contribution in [0, 0.1) is 5.92 Å². The Kier molecular flexibility index (Phi) is 6.99. The number of carbonyl (C=O) groups excluding carboxylic acids is 2. The molecule has 1 unspecified atom stereocenters. The molecule has 3 atom stereocenters. The number of benzene rings is 2. The molecule has 0 spiro atoms. The summed E-state index contributed by atoms with van der Waals surface area (Å²) in [6, 6.07) is 18.6. The maximum atomic E-state index is 13.7. The Labute approximate surface area is 208 Å².